The normalized spacial score (nSPS) is 10.6. The van der Waals surface area contributed by atoms with Crippen molar-refractivity contribution in [2.75, 3.05) is 5.73 Å². The van der Waals surface area contributed by atoms with Gasteiger partial charge in [-0.3, -0.25) is 4.79 Å². The number of nitrogens with two attached hydrogens (primary N) is 1. The minimum Gasteiger partial charge on any atom is -0.398 e. The monoisotopic (exact) mass is 219 g/mol. The van der Waals surface area contributed by atoms with Gasteiger partial charge >= 0.3 is 0 Å². The molecule has 0 aliphatic heterocycles. The van der Waals surface area contributed by atoms with Gasteiger partial charge in [0.05, 0.1) is 5.02 Å². The van der Waals surface area contributed by atoms with Crippen molar-refractivity contribution in [1.82, 2.24) is 0 Å². The Morgan fingerprint density at radius 3 is 2.50 bits per heavy atom. The summed E-state index contributed by atoms with van der Waals surface area (Å²) in [6.07, 6.45) is -2.70. The van der Waals surface area contributed by atoms with Crippen molar-refractivity contribution in [3.8, 4) is 0 Å². The smallest absolute Gasteiger partial charge is 0.265 e. The van der Waals surface area contributed by atoms with Crippen LogP contribution < -0.4 is 5.73 Å². The number of hydrogen-bond donors (Lipinski definition) is 1. The van der Waals surface area contributed by atoms with Crippen LogP contribution in [0, 0.1) is 0 Å². The molecule has 0 fully saturated rings. The number of carbonyl (C=O) groups excluding carboxylic acids is 1. The van der Waals surface area contributed by atoms with E-state index in [-0.39, 0.29) is 27.6 Å². The molecular weight excluding hydrogens is 212 g/mol. The largest absolute Gasteiger partial charge is 0.398 e. The SMILES string of the molecule is CC(=O)c1cc(C(F)F)c(N)cc1Cl. The molecule has 0 aromatic heterocycles. The van der Waals surface area contributed by atoms with Crippen molar-refractivity contribution in [3.05, 3.63) is 28.3 Å². The fraction of sp³-hybridized carbons (Fsp3) is 0.222. The minimum absolute atomic E-state index is 0.0659. The van der Waals surface area contributed by atoms with Crippen molar-refractivity contribution < 1.29 is 13.6 Å². The van der Waals surface area contributed by atoms with Gasteiger partial charge in [-0.2, -0.15) is 0 Å². The number of hydrogen-bond acceptors (Lipinski definition) is 2. The molecular formula is C9H8ClF2NO. The Morgan fingerprint density at radius 2 is 2.07 bits per heavy atom. The first-order valence-electron chi connectivity index (χ1n) is 3.81. The molecule has 1 aromatic rings. The van der Waals surface area contributed by atoms with Gasteiger partial charge in [0.25, 0.3) is 6.43 Å². The molecule has 0 amide bonds. The molecule has 5 heteroatoms. The molecule has 2 nitrogen and oxygen atoms in total. The lowest BCUT2D eigenvalue weighted by Crippen LogP contribution is -2.00. The van der Waals surface area contributed by atoms with E-state index in [1.165, 1.54) is 13.0 Å². The van der Waals surface area contributed by atoms with Crippen LogP contribution in [0.3, 0.4) is 0 Å². The van der Waals surface area contributed by atoms with E-state index in [1.54, 1.807) is 0 Å². The van der Waals surface area contributed by atoms with Crippen LogP contribution in [0.5, 0.6) is 0 Å². The maximum atomic E-state index is 12.4. The number of benzene rings is 1. The lowest BCUT2D eigenvalue weighted by Gasteiger charge is -2.07. The van der Waals surface area contributed by atoms with E-state index < -0.39 is 6.43 Å². The maximum Gasteiger partial charge on any atom is 0.265 e. The van der Waals surface area contributed by atoms with Gasteiger partial charge in [-0.1, -0.05) is 11.6 Å². The first-order valence-corrected chi connectivity index (χ1v) is 4.19. The third kappa shape index (κ3) is 2.01. The average Bonchev–Trinajstić information content (AvgIpc) is 2.02. The Hall–Kier alpha value is -1.16. The van der Waals surface area contributed by atoms with Crippen LogP contribution in [0.1, 0.15) is 29.3 Å². The van der Waals surface area contributed by atoms with E-state index in [0.717, 1.165) is 6.07 Å². The van der Waals surface area contributed by atoms with E-state index in [9.17, 15) is 13.6 Å². The summed E-state index contributed by atoms with van der Waals surface area (Å²) in [5.74, 6) is -0.364. The molecule has 0 aliphatic rings. The number of carbonyl (C=O) groups is 1. The Balaban J connectivity index is 3.34. The highest BCUT2D eigenvalue weighted by molar-refractivity contribution is 6.34. The van der Waals surface area contributed by atoms with Gasteiger partial charge in [0, 0.05) is 16.8 Å². The summed E-state index contributed by atoms with van der Waals surface area (Å²) < 4.78 is 24.7. The summed E-state index contributed by atoms with van der Waals surface area (Å²) >= 11 is 5.66. The van der Waals surface area contributed by atoms with Gasteiger partial charge in [0.15, 0.2) is 5.78 Å². The molecule has 0 bridgehead atoms. The second-order valence-corrected chi connectivity index (χ2v) is 3.23. The third-order valence-electron chi connectivity index (χ3n) is 1.79. The van der Waals surface area contributed by atoms with Gasteiger partial charge < -0.3 is 5.73 Å². The fourth-order valence-corrected chi connectivity index (χ4v) is 1.37. The highest BCUT2D eigenvalue weighted by atomic mass is 35.5. The summed E-state index contributed by atoms with van der Waals surface area (Å²) in [5.41, 5.74) is 4.92. The number of rotatable bonds is 2. The molecule has 0 saturated carbocycles. The van der Waals surface area contributed by atoms with Crippen molar-refractivity contribution in [1.29, 1.82) is 0 Å². The summed E-state index contributed by atoms with van der Waals surface area (Å²) in [6, 6.07) is 2.20. The van der Waals surface area contributed by atoms with Crippen LogP contribution in [-0.4, -0.2) is 5.78 Å². The van der Waals surface area contributed by atoms with Crippen LogP contribution in [0.15, 0.2) is 12.1 Å². The summed E-state index contributed by atoms with van der Waals surface area (Å²) in [4.78, 5) is 11.0. The zero-order valence-corrected chi connectivity index (χ0v) is 8.11. The molecule has 76 valence electrons. The molecule has 0 spiro atoms. The highest BCUT2D eigenvalue weighted by Crippen LogP contribution is 2.30. The first kappa shape index (κ1) is 10.9. The molecule has 0 heterocycles. The second kappa shape index (κ2) is 3.92. The predicted molar refractivity (Wildman–Crippen MR) is 50.8 cm³/mol. The quantitative estimate of drug-likeness (QED) is 0.614. The van der Waals surface area contributed by atoms with Gasteiger partial charge in [0.2, 0.25) is 0 Å². The molecule has 1 rings (SSSR count). The van der Waals surface area contributed by atoms with Crippen molar-refractivity contribution >= 4 is 23.1 Å². The van der Waals surface area contributed by atoms with Crippen LogP contribution in [-0.2, 0) is 0 Å². The third-order valence-corrected chi connectivity index (χ3v) is 2.10. The number of halogens is 3. The molecule has 0 saturated heterocycles. The zero-order valence-electron chi connectivity index (χ0n) is 7.35. The zero-order chi connectivity index (χ0) is 10.9. The molecule has 0 radical (unpaired) electrons. The minimum atomic E-state index is -2.70. The molecule has 0 unspecified atom stereocenters. The van der Waals surface area contributed by atoms with Crippen molar-refractivity contribution in [2.45, 2.75) is 13.3 Å². The van der Waals surface area contributed by atoms with Gasteiger partial charge in [-0.15, -0.1) is 0 Å². The summed E-state index contributed by atoms with van der Waals surface area (Å²) in [5, 5.41) is 0.0967. The Labute approximate surface area is 84.7 Å². The van der Waals surface area contributed by atoms with Gasteiger partial charge in [0.1, 0.15) is 0 Å². The highest BCUT2D eigenvalue weighted by Gasteiger charge is 2.16. The standard InChI is InChI=1S/C9H8ClF2NO/c1-4(14)5-2-6(9(11)12)8(13)3-7(5)10/h2-3,9H,13H2,1H3. The average molecular weight is 220 g/mol. The lowest BCUT2D eigenvalue weighted by molar-refractivity contribution is 0.101. The maximum absolute atomic E-state index is 12.4. The predicted octanol–water partition coefficient (Wildman–Crippen LogP) is 3.06. The Kier molecular flexibility index (Phi) is 3.06. The van der Waals surface area contributed by atoms with Crippen LogP contribution >= 0.6 is 11.6 Å². The molecule has 0 aliphatic carbocycles. The van der Waals surface area contributed by atoms with Crippen LogP contribution in [0.25, 0.3) is 0 Å². The van der Waals surface area contributed by atoms with E-state index in [1.807, 2.05) is 0 Å². The van der Waals surface area contributed by atoms with Gasteiger partial charge in [-0.05, 0) is 19.1 Å². The number of alkyl halides is 2. The number of ketones is 1. The lowest BCUT2D eigenvalue weighted by atomic mass is 10.1. The first-order chi connectivity index (χ1) is 6.43. The van der Waals surface area contributed by atoms with Crippen LogP contribution in [0.2, 0.25) is 5.02 Å². The Morgan fingerprint density at radius 1 is 1.50 bits per heavy atom. The Bertz CT molecular complexity index is 379. The number of nitrogen functional groups attached to an aromatic ring is 1. The fourth-order valence-electron chi connectivity index (χ4n) is 1.06. The van der Waals surface area contributed by atoms with E-state index in [2.05, 4.69) is 0 Å². The van der Waals surface area contributed by atoms with Gasteiger partial charge in [-0.25, -0.2) is 8.78 Å². The van der Waals surface area contributed by atoms with Crippen molar-refractivity contribution in [2.24, 2.45) is 0 Å². The van der Waals surface area contributed by atoms with Crippen LogP contribution in [0.4, 0.5) is 14.5 Å². The number of anilines is 1. The van der Waals surface area contributed by atoms with E-state index in [4.69, 9.17) is 17.3 Å². The molecule has 0 atom stereocenters. The molecule has 14 heavy (non-hydrogen) atoms. The molecule has 1 aromatic carbocycles. The number of Topliss-reactive ketones (excluding diaryl/α,β-unsaturated/α-hetero) is 1. The summed E-state index contributed by atoms with van der Waals surface area (Å²) in [6.45, 7) is 1.26. The van der Waals surface area contributed by atoms with Crippen molar-refractivity contribution in [3.63, 3.8) is 0 Å². The second-order valence-electron chi connectivity index (χ2n) is 2.82. The summed E-state index contributed by atoms with van der Waals surface area (Å²) in [7, 11) is 0. The topological polar surface area (TPSA) is 43.1 Å². The van der Waals surface area contributed by atoms with E-state index in [0.29, 0.717) is 0 Å². The molecule has 2 N–H and O–H groups in total. The van der Waals surface area contributed by atoms with E-state index >= 15 is 0 Å².